The zero-order valence-corrected chi connectivity index (χ0v) is 14.6. The lowest BCUT2D eigenvalue weighted by Crippen LogP contribution is -2.29. The molecule has 0 bridgehead atoms. The van der Waals surface area contributed by atoms with Crippen molar-refractivity contribution < 1.29 is 9.18 Å². The normalized spacial score (nSPS) is 10.3. The van der Waals surface area contributed by atoms with Gasteiger partial charge in [0.05, 0.1) is 16.9 Å². The second kappa shape index (κ2) is 7.81. The van der Waals surface area contributed by atoms with Crippen LogP contribution in [0.15, 0.2) is 59.4 Å². The maximum Gasteiger partial charge on any atom is 0.267 e. The molecule has 6 nitrogen and oxygen atoms in total. The van der Waals surface area contributed by atoms with Gasteiger partial charge in [-0.1, -0.05) is 29.8 Å². The fourth-order valence-electron chi connectivity index (χ4n) is 2.38. The third-order valence-electron chi connectivity index (χ3n) is 3.69. The Labute approximate surface area is 158 Å². The monoisotopic (exact) mass is 382 g/mol. The van der Waals surface area contributed by atoms with Crippen molar-refractivity contribution in [3.63, 3.8) is 0 Å². The van der Waals surface area contributed by atoms with Crippen molar-refractivity contribution in [3.05, 3.63) is 81.4 Å². The average Bonchev–Trinajstić information content (AvgIpc) is 2.66. The summed E-state index contributed by atoms with van der Waals surface area (Å²) in [6.07, 6.45) is 0. The smallest absolute Gasteiger partial charge is 0.267 e. The molecule has 0 spiro atoms. The first-order chi connectivity index (χ1) is 13.0. The van der Waals surface area contributed by atoms with Crippen molar-refractivity contribution in [2.75, 3.05) is 5.32 Å². The second-order valence-corrected chi connectivity index (χ2v) is 5.98. The van der Waals surface area contributed by atoms with Crippen molar-refractivity contribution in [2.45, 2.75) is 6.54 Å². The molecule has 0 fully saturated rings. The molecule has 134 valence electrons. The van der Waals surface area contributed by atoms with E-state index >= 15 is 0 Å². The fraction of sp³-hybridized carbons (Fsp3) is 0.0526. The van der Waals surface area contributed by atoms with Crippen LogP contribution < -0.4 is 10.9 Å². The first kappa shape index (κ1) is 18.3. The van der Waals surface area contributed by atoms with Gasteiger partial charge in [-0.25, -0.2) is 9.07 Å². The number of nitrogens with one attached hydrogen (secondary N) is 1. The summed E-state index contributed by atoms with van der Waals surface area (Å²) < 4.78 is 15.0. The van der Waals surface area contributed by atoms with Crippen molar-refractivity contribution >= 4 is 23.2 Å². The third kappa shape index (κ3) is 4.19. The number of hydrogen-bond donors (Lipinski definition) is 1. The van der Waals surface area contributed by atoms with Gasteiger partial charge in [0.1, 0.15) is 12.6 Å². The number of nitriles is 1. The Morgan fingerprint density at radius 1 is 1.19 bits per heavy atom. The Bertz CT molecular complexity index is 1100. The quantitative estimate of drug-likeness (QED) is 0.750. The van der Waals surface area contributed by atoms with Crippen LogP contribution in [0, 0.1) is 17.1 Å². The first-order valence-corrected chi connectivity index (χ1v) is 8.18. The van der Waals surface area contributed by atoms with E-state index in [0.29, 0.717) is 10.7 Å². The lowest BCUT2D eigenvalue weighted by atomic mass is 10.1. The molecule has 0 radical (unpaired) electrons. The van der Waals surface area contributed by atoms with Crippen LogP contribution >= 0.6 is 11.6 Å². The highest BCUT2D eigenvalue weighted by Crippen LogP contribution is 2.19. The van der Waals surface area contributed by atoms with Crippen molar-refractivity contribution in [1.82, 2.24) is 9.78 Å². The highest BCUT2D eigenvalue weighted by atomic mass is 35.5. The van der Waals surface area contributed by atoms with Gasteiger partial charge in [-0.2, -0.15) is 10.4 Å². The average molecular weight is 383 g/mol. The highest BCUT2D eigenvalue weighted by Gasteiger charge is 2.12. The van der Waals surface area contributed by atoms with Gasteiger partial charge in [0, 0.05) is 16.7 Å². The van der Waals surface area contributed by atoms with E-state index in [1.54, 1.807) is 30.3 Å². The maximum atomic E-state index is 14.0. The lowest BCUT2D eigenvalue weighted by molar-refractivity contribution is -0.117. The number of nitrogens with zero attached hydrogens (tertiary/aromatic N) is 3. The summed E-state index contributed by atoms with van der Waals surface area (Å²) in [5.41, 5.74) is 0.404. The second-order valence-electron chi connectivity index (χ2n) is 5.55. The van der Waals surface area contributed by atoms with E-state index in [1.807, 2.05) is 0 Å². The number of anilines is 1. The topological polar surface area (TPSA) is 87.8 Å². The van der Waals surface area contributed by atoms with E-state index in [9.17, 15) is 14.0 Å². The van der Waals surface area contributed by atoms with Crippen molar-refractivity contribution in [1.29, 1.82) is 5.26 Å². The Balaban J connectivity index is 1.82. The molecule has 1 heterocycles. The molecule has 1 amide bonds. The molecule has 0 aliphatic carbocycles. The van der Waals surface area contributed by atoms with Crippen LogP contribution in [-0.4, -0.2) is 15.7 Å². The molecule has 2 aromatic carbocycles. The number of carbonyl (C=O) groups is 1. The standard InChI is InChI=1S/C19H12ClFN4O2/c20-14-6-4-12(5-7-14)15-8-9-18(27)25(24-15)11-17(26)23-16-3-1-2-13(10-22)19(16)21/h1-9H,11H2,(H,23,26). The van der Waals surface area contributed by atoms with Crippen molar-refractivity contribution in [3.8, 4) is 17.3 Å². The molecule has 0 unspecified atom stereocenters. The van der Waals surface area contributed by atoms with Crippen molar-refractivity contribution in [2.24, 2.45) is 0 Å². The third-order valence-corrected chi connectivity index (χ3v) is 3.95. The van der Waals surface area contributed by atoms with Crippen LogP contribution in [0.2, 0.25) is 5.02 Å². The zero-order valence-electron chi connectivity index (χ0n) is 13.8. The van der Waals surface area contributed by atoms with Gasteiger partial charge in [0.15, 0.2) is 5.82 Å². The molecule has 1 N–H and O–H groups in total. The van der Waals surface area contributed by atoms with Crippen LogP contribution in [0.4, 0.5) is 10.1 Å². The zero-order chi connectivity index (χ0) is 19.4. The van der Waals surface area contributed by atoms with Gasteiger partial charge in [0.25, 0.3) is 5.56 Å². The molecule has 0 saturated carbocycles. The first-order valence-electron chi connectivity index (χ1n) is 7.80. The molecule has 0 aliphatic rings. The van der Waals surface area contributed by atoms with Gasteiger partial charge in [-0.15, -0.1) is 0 Å². The molecule has 3 rings (SSSR count). The summed E-state index contributed by atoms with van der Waals surface area (Å²) in [5, 5.41) is 15.9. The number of benzene rings is 2. The minimum Gasteiger partial charge on any atom is -0.322 e. The number of amides is 1. The molecule has 0 aliphatic heterocycles. The van der Waals surface area contributed by atoms with Crippen LogP contribution in [0.3, 0.4) is 0 Å². The summed E-state index contributed by atoms with van der Waals surface area (Å²) in [6, 6.07) is 15.4. The molecule has 27 heavy (non-hydrogen) atoms. The Kier molecular flexibility index (Phi) is 5.29. The van der Waals surface area contributed by atoms with E-state index < -0.39 is 23.8 Å². The molecule has 0 atom stereocenters. The lowest BCUT2D eigenvalue weighted by Gasteiger charge is -2.09. The molecule has 3 aromatic rings. The van der Waals surface area contributed by atoms with Crippen LogP contribution in [-0.2, 0) is 11.3 Å². The fourth-order valence-corrected chi connectivity index (χ4v) is 2.50. The minimum absolute atomic E-state index is 0.138. The van der Waals surface area contributed by atoms with Gasteiger partial charge >= 0.3 is 0 Å². The van der Waals surface area contributed by atoms with Crippen LogP contribution in [0.5, 0.6) is 0 Å². The number of hydrogen-bond acceptors (Lipinski definition) is 4. The van der Waals surface area contributed by atoms with E-state index in [2.05, 4.69) is 10.4 Å². The van der Waals surface area contributed by atoms with E-state index in [1.165, 1.54) is 30.3 Å². The Hall–Kier alpha value is -3.50. The summed E-state index contributed by atoms with van der Waals surface area (Å²) in [5.74, 6) is -1.48. The van der Waals surface area contributed by atoms with Gasteiger partial charge in [-0.05, 0) is 30.3 Å². The number of aromatic nitrogens is 2. The van der Waals surface area contributed by atoms with E-state index in [4.69, 9.17) is 16.9 Å². The maximum absolute atomic E-state index is 14.0. The largest absolute Gasteiger partial charge is 0.322 e. The molecule has 1 aromatic heterocycles. The van der Waals surface area contributed by atoms with E-state index in [-0.39, 0.29) is 11.3 Å². The summed E-state index contributed by atoms with van der Waals surface area (Å²) >= 11 is 5.86. The number of carbonyl (C=O) groups excluding carboxylic acids is 1. The van der Waals surface area contributed by atoms with Gasteiger partial charge < -0.3 is 5.32 Å². The van der Waals surface area contributed by atoms with Gasteiger partial charge in [0.2, 0.25) is 5.91 Å². The predicted molar refractivity (Wildman–Crippen MR) is 98.7 cm³/mol. The molecule has 8 heteroatoms. The summed E-state index contributed by atoms with van der Waals surface area (Å²) in [6.45, 7) is -0.406. The predicted octanol–water partition coefficient (Wildman–Crippen LogP) is 3.21. The molecule has 0 saturated heterocycles. The Morgan fingerprint density at radius 3 is 2.63 bits per heavy atom. The molecular formula is C19H12ClFN4O2. The van der Waals surface area contributed by atoms with Crippen LogP contribution in [0.25, 0.3) is 11.3 Å². The van der Waals surface area contributed by atoms with E-state index in [0.717, 1.165) is 10.2 Å². The van der Waals surface area contributed by atoms with Crippen LogP contribution in [0.1, 0.15) is 5.56 Å². The van der Waals surface area contributed by atoms with Gasteiger partial charge in [-0.3, -0.25) is 9.59 Å². The summed E-state index contributed by atoms with van der Waals surface area (Å²) in [4.78, 5) is 24.2. The highest BCUT2D eigenvalue weighted by molar-refractivity contribution is 6.30. The molecular weight excluding hydrogens is 371 g/mol. The summed E-state index contributed by atoms with van der Waals surface area (Å²) in [7, 11) is 0. The minimum atomic E-state index is -0.830. The number of rotatable bonds is 4. The SMILES string of the molecule is N#Cc1cccc(NC(=O)Cn2nc(-c3ccc(Cl)cc3)ccc2=O)c1F. The Morgan fingerprint density at radius 2 is 1.93 bits per heavy atom. The number of halogens is 2.